The topological polar surface area (TPSA) is 41.5 Å². The molecule has 0 aliphatic heterocycles. The summed E-state index contributed by atoms with van der Waals surface area (Å²) in [4.78, 5) is 0. The second kappa shape index (κ2) is 11.0. The molecule has 2 atom stereocenters. The lowest BCUT2D eigenvalue weighted by molar-refractivity contribution is 0.00611. The predicted octanol–water partition coefficient (Wildman–Crippen LogP) is 2.58. The van der Waals surface area contributed by atoms with E-state index in [1.54, 1.807) is 0 Å². The van der Waals surface area contributed by atoms with Crippen LogP contribution in [0.3, 0.4) is 0 Å². The van der Waals surface area contributed by atoms with Gasteiger partial charge in [0.15, 0.2) is 0 Å². The SMILES string of the molecule is CCCCC(CC)CNCC(O)COC(C)C. The number of hydrogen-bond acceptors (Lipinski definition) is 3. The van der Waals surface area contributed by atoms with E-state index in [9.17, 15) is 5.11 Å². The maximum Gasteiger partial charge on any atom is 0.0897 e. The van der Waals surface area contributed by atoms with Crippen LogP contribution in [-0.2, 0) is 4.74 Å². The summed E-state index contributed by atoms with van der Waals surface area (Å²) < 4.78 is 5.36. The molecule has 0 aromatic heterocycles. The van der Waals surface area contributed by atoms with Crippen molar-refractivity contribution in [1.82, 2.24) is 5.32 Å². The molecule has 0 heterocycles. The average Bonchev–Trinajstić information content (AvgIpc) is 2.30. The molecule has 0 saturated carbocycles. The van der Waals surface area contributed by atoms with Gasteiger partial charge in [-0.25, -0.2) is 0 Å². The van der Waals surface area contributed by atoms with E-state index < -0.39 is 0 Å². The van der Waals surface area contributed by atoms with Crippen LogP contribution < -0.4 is 5.32 Å². The highest BCUT2D eigenvalue weighted by molar-refractivity contribution is 4.64. The Morgan fingerprint density at radius 1 is 1.18 bits per heavy atom. The van der Waals surface area contributed by atoms with Gasteiger partial charge in [-0.1, -0.05) is 33.1 Å². The van der Waals surface area contributed by atoms with E-state index in [-0.39, 0.29) is 12.2 Å². The molecule has 3 nitrogen and oxygen atoms in total. The van der Waals surface area contributed by atoms with Gasteiger partial charge in [0.25, 0.3) is 0 Å². The van der Waals surface area contributed by atoms with Crippen molar-refractivity contribution in [3.05, 3.63) is 0 Å². The molecule has 0 saturated heterocycles. The Hall–Kier alpha value is -0.120. The number of unbranched alkanes of at least 4 members (excludes halogenated alkanes) is 1. The van der Waals surface area contributed by atoms with Crippen molar-refractivity contribution in [2.24, 2.45) is 5.92 Å². The minimum atomic E-state index is -0.388. The maximum absolute atomic E-state index is 9.67. The molecule has 2 N–H and O–H groups in total. The third kappa shape index (κ3) is 10.7. The monoisotopic (exact) mass is 245 g/mol. The summed E-state index contributed by atoms with van der Waals surface area (Å²) in [7, 11) is 0. The lowest BCUT2D eigenvalue weighted by Crippen LogP contribution is -2.34. The number of ether oxygens (including phenoxy) is 1. The minimum Gasteiger partial charge on any atom is -0.389 e. The van der Waals surface area contributed by atoms with E-state index in [1.165, 1.54) is 25.7 Å². The summed E-state index contributed by atoms with van der Waals surface area (Å²) in [5.41, 5.74) is 0. The summed E-state index contributed by atoms with van der Waals surface area (Å²) in [6.45, 7) is 10.5. The van der Waals surface area contributed by atoms with Crippen molar-refractivity contribution in [2.75, 3.05) is 19.7 Å². The molecular formula is C14H31NO2. The summed E-state index contributed by atoms with van der Waals surface area (Å²) >= 11 is 0. The van der Waals surface area contributed by atoms with Crippen LogP contribution in [0.2, 0.25) is 0 Å². The standard InChI is InChI=1S/C14H31NO2/c1-5-7-8-13(6-2)9-15-10-14(16)11-17-12(3)4/h12-16H,5-11H2,1-4H3. The van der Waals surface area contributed by atoms with Crippen molar-refractivity contribution in [3.63, 3.8) is 0 Å². The zero-order chi connectivity index (χ0) is 13.1. The highest BCUT2D eigenvalue weighted by atomic mass is 16.5. The van der Waals surface area contributed by atoms with Gasteiger partial charge in [0, 0.05) is 6.54 Å². The van der Waals surface area contributed by atoms with Crippen molar-refractivity contribution in [1.29, 1.82) is 0 Å². The van der Waals surface area contributed by atoms with Crippen molar-refractivity contribution in [3.8, 4) is 0 Å². The van der Waals surface area contributed by atoms with Gasteiger partial charge in [-0.15, -0.1) is 0 Å². The first-order valence-electron chi connectivity index (χ1n) is 7.10. The molecule has 0 radical (unpaired) electrons. The highest BCUT2D eigenvalue weighted by Gasteiger charge is 2.08. The number of aliphatic hydroxyl groups is 1. The lowest BCUT2D eigenvalue weighted by atomic mass is 9.99. The fourth-order valence-electron chi connectivity index (χ4n) is 1.76. The summed E-state index contributed by atoms with van der Waals surface area (Å²) in [5, 5.41) is 13.0. The summed E-state index contributed by atoms with van der Waals surface area (Å²) in [6.07, 6.45) is 4.88. The summed E-state index contributed by atoms with van der Waals surface area (Å²) in [6, 6.07) is 0. The lowest BCUT2D eigenvalue weighted by Gasteiger charge is -2.18. The van der Waals surface area contributed by atoms with E-state index in [2.05, 4.69) is 19.2 Å². The minimum absolute atomic E-state index is 0.192. The number of nitrogens with one attached hydrogen (secondary N) is 1. The van der Waals surface area contributed by atoms with Crippen LogP contribution in [0.25, 0.3) is 0 Å². The molecule has 0 amide bonds. The average molecular weight is 245 g/mol. The number of hydrogen-bond donors (Lipinski definition) is 2. The van der Waals surface area contributed by atoms with Crippen LogP contribution in [0, 0.1) is 5.92 Å². The highest BCUT2D eigenvalue weighted by Crippen LogP contribution is 2.11. The molecule has 17 heavy (non-hydrogen) atoms. The van der Waals surface area contributed by atoms with Crippen LogP contribution in [0.1, 0.15) is 53.4 Å². The fraction of sp³-hybridized carbons (Fsp3) is 1.00. The van der Waals surface area contributed by atoms with Crippen LogP contribution in [0.5, 0.6) is 0 Å². The fourth-order valence-corrected chi connectivity index (χ4v) is 1.76. The molecule has 0 fully saturated rings. The maximum atomic E-state index is 9.67. The Bertz CT molecular complexity index is 162. The third-order valence-electron chi connectivity index (χ3n) is 2.98. The molecule has 0 bridgehead atoms. The smallest absolute Gasteiger partial charge is 0.0897 e. The van der Waals surface area contributed by atoms with E-state index >= 15 is 0 Å². The van der Waals surface area contributed by atoms with Gasteiger partial charge in [-0.3, -0.25) is 0 Å². The largest absolute Gasteiger partial charge is 0.389 e. The van der Waals surface area contributed by atoms with Crippen LogP contribution in [0.4, 0.5) is 0 Å². The predicted molar refractivity (Wildman–Crippen MR) is 73.3 cm³/mol. The third-order valence-corrected chi connectivity index (χ3v) is 2.98. The Balaban J connectivity index is 3.51. The second-order valence-corrected chi connectivity index (χ2v) is 5.11. The van der Waals surface area contributed by atoms with Crippen LogP contribution in [0.15, 0.2) is 0 Å². The zero-order valence-corrected chi connectivity index (χ0v) is 12.0. The Kier molecular flexibility index (Phi) is 10.9. The van der Waals surface area contributed by atoms with E-state index in [1.807, 2.05) is 13.8 Å². The van der Waals surface area contributed by atoms with Gasteiger partial charge in [-0.2, -0.15) is 0 Å². The first-order chi connectivity index (χ1) is 8.10. The second-order valence-electron chi connectivity index (χ2n) is 5.11. The van der Waals surface area contributed by atoms with Gasteiger partial charge in [0.2, 0.25) is 0 Å². The van der Waals surface area contributed by atoms with Crippen LogP contribution in [-0.4, -0.2) is 37.0 Å². The number of aliphatic hydroxyl groups excluding tert-OH is 1. The molecule has 0 rings (SSSR count). The molecule has 2 unspecified atom stereocenters. The molecule has 0 aromatic rings. The van der Waals surface area contributed by atoms with Crippen LogP contribution >= 0.6 is 0 Å². The van der Waals surface area contributed by atoms with E-state index in [0.717, 1.165) is 12.5 Å². The molecule has 0 aliphatic rings. The first-order valence-corrected chi connectivity index (χ1v) is 7.10. The van der Waals surface area contributed by atoms with Gasteiger partial charge in [0.05, 0.1) is 18.8 Å². The van der Waals surface area contributed by atoms with Gasteiger partial charge in [-0.05, 0) is 32.7 Å². The normalized spacial score (nSPS) is 15.2. The van der Waals surface area contributed by atoms with Crippen molar-refractivity contribution >= 4 is 0 Å². The Morgan fingerprint density at radius 2 is 1.88 bits per heavy atom. The number of rotatable bonds is 11. The van der Waals surface area contributed by atoms with Gasteiger partial charge < -0.3 is 15.2 Å². The van der Waals surface area contributed by atoms with Gasteiger partial charge in [0.1, 0.15) is 0 Å². The van der Waals surface area contributed by atoms with Crippen molar-refractivity contribution < 1.29 is 9.84 Å². The van der Waals surface area contributed by atoms with Crippen molar-refractivity contribution in [2.45, 2.75) is 65.6 Å². The molecule has 104 valence electrons. The van der Waals surface area contributed by atoms with E-state index in [4.69, 9.17) is 4.74 Å². The summed E-state index contributed by atoms with van der Waals surface area (Å²) in [5.74, 6) is 0.744. The molecule has 0 spiro atoms. The Labute approximate surface area is 107 Å². The zero-order valence-electron chi connectivity index (χ0n) is 12.0. The van der Waals surface area contributed by atoms with E-state index in [0.29, 0.717) is 13.2 Å². The molecule has 3 heteroatoms. The Morgan fingerprint density at radius 3 is 2.41 bits per heavy atom. The molecular weight excluding hydrogens is 214 g/mol. The first kappa shape index (κ1) is 16.9. The molecule has 0 aliphatic carbocycles. The molecule has 0 aromatic carbocycles. The quantitative estimate of drug-likeness (QED) is 0.588. The van der Waals surface area contributed by atoms with Gasteiger partial charge >= 0.3 is 0 Å².